The Labute approximate surface area is 166 Å². The van der Waals surface area contributed by atoms with Gasteiger partial charge in [-0.15, -0.1) is 11.3 Å². The molecule has 1 aliphatic heterocycles. The summed E-state index contributed by atoms with van der Waals surface area (Å²) in [6.45, 7) is 0.947. The van der Waals surface area contributed by atoms with Gasteiger partial charge in [0.15, 0.2) is 10.6 Å². The molecule has 8 nitrogen and oxygen atoms in total. The third-order valence-electron chi connectivity index (χ3n) is 4.95. The molecule has 1 atom stereocenters. The molecule has 0 spiro atoms. The fourth-order valence-electron chi connectivity index (χ4n) is 3.39. The fraction of sp³-hybridized carbons (Fsp3) is 0.562. The van der Waals surface area contributed by atoms with Crippen molar-refractivity contribution >= 4 is 39.5 Å². The first-order chi connectivity index (χ1) is 13.0. The molecule has 1 saturated heterocycles. The normalized spacial score (nSPS) is 21.3. The molecular weight excluding hydrogens is 406 g/mol. The minimum atomic E-state index is -3.52. The lowest BCUT2D eigenvalue weighted by Gasteiger charge is -2.30. The monoisotopic (exact) mass is 427 g/mol. The first-order valence-electron chi connectivity index (χ1n) is 8.94. The Morgan fingerprint density at radius 1 is 1.41 bits per heavy atom. The molecule has 11 heteroatoms. The van der Waals surface area contributed by atoms with Crippen molar-refractivity contribution in [2.24, 2.45) is 5.92 Å². The lowest BCUT2D eigenvalue weighted by atomic mass is 9.99. The second-order valence-corrected chi connectivity index (χ2v) is 10.4. The zero-order valence-corrected chi connectivity index (χ0v) is 17.1. The van der Waals surface area contributed by atoms with E-state index in [1.807, 2.05) is 4.57 Å². The number of thiophene rings is 1. The van der Waals surface area contributed by atoms with Crippen LogP contribution in [0.4, 0.5) is 0 Å². The Bertz CT molecular complexity index is 975. The minimum Gasteiger partial charge on any atom is -0.349 e. The molecule has 0 radical (unpaired) electrons. The van der Waals surface area contributed by atoms with Crippen LogP contribution in [0.25, 0.3) is 0 Å². The third-order valence-corrected chi connectivity index (χ3v) is 8.48. The molecular formula is C16H21N5O3S3. The number of hydrogen-bond donors (Lipinski definition) is 2. The Morgan fingerprint density at radius 3 is 2.93 bits per heavy atom. The van der Waals surface area contributed by atoms with E-state index >= 15 is 0 Å². The number of carbonyl (C=O) groups excluding carboxylic acids is 1. The highest BCUT2D eigenvalue weighted by Crippen LogP contribution is 2.35. The molecule has 2 N–H and O–H groups in total. The summed E-state index contributed by atoms with van der Waals surface area (Å²) in [5.41, 5.74) is 0. The summed E-state index contributed by atoms with van der Waals surface area (Å²) in [7, 11) is -3.52. The van der Waals surface area contributed by atoms with Crippen LogP contribution in [0.1, 0.15) is 37.5 Å². The topological polar surface area (TPSA) is 100 Å². The van der Waals surface area contributed by atoms with Gasteiger partial charge < -0.3 is 5.32 Å². The molecule has 3 heterocycles. The summed E-state index contributed by atoms with van der Waals surface area (Å²) >= 11 is 6.45. The van der Waals surface area contributed by atoms with Crippen molar-refractivity contribution in [1.29, 1.82) is 0 Å². The van der Waals surface area contributed by atoms with Crippen LogP contribution in [0, 0.1) is 10.7 Å². The summed E-state index contributed by atoms with van der Waals surface area (Å²) in [4.78, 5) is 12.6. The van der Waals surface area contributed by atoms with Gasteiger partial charge in [0.05, 0.1) is 12.5 Å². The number of aromatic amines is 1. The second-order valence-electron chi connectivity index (χ2n) is 6.90. The van der Waals surface area contributed by atoms with E-state index in [1.54, 1.807) is 17.5 Å². The summed E-state index contributed by atoms with van der Waals surface area (Å²) in [5.74, 6) is 0.219. The molecule has 2 fully saturated rings. The molecule has 27 heavy (non-hydrogen) atoms. The lowest BCUT2D eigenvalue weighted by molar-refractivity contribution is -0.126. The number of rotatable bonds is 6. The van der Waals surface area contributed by atoms with Gasteiger partial charge in [-0.25, -0.2) is 8.42 Å². The molecule has 4 rings (SSSR count). The van der Waals surface area contributed by atoms with Crippen molar-refractivity contribution in [2.45, 2.75) is 42.5 Å². The van der Waals surface area contributed by atoms with E-state index < -0.39 is 10.0 Å². The molecule has 2 aromatic heterocycles. The summed E-state index contributed by atoms with van der Waals surface area (Å²) in [6.07, 6.45) is 3.50. The van der Waals surface area contributed by atoms with Gasteiger partial charge in [-0.3, -0.25) is 14.5 Å². The predicted molar refractivity (Wildman–Crippen MR) is 103 cm³/mol. The van der Waals surface area contributed by atoms with Crippen molar-refractivity contribution in [3.8, 4) is 0 Å². The number of nitrogens with zero attached hydrogens (tertiary/aromatic N) is 3. The number of carbonyl (C=O) groups is 1. The largest absolute Gasteiger partial charge is 0.349 e. The number of aromatic nitrogens is 3. The lowest BCUT2D eigenvalue weighted by Crippen LogP contribution is -2.45. The SMILES string of the molecule is O=C(NCc1n[nH]c(=S)n1C1CC1)C1CCCN(S(=O)(=O)c2cccs2)C1. The van der Waals surface area contributed by atoms with Crippen LogP contribution >= 0.6 is 23.6 Å². The van der Waals surface area contributed by atoms with Gasteiger partial charge >= 0.3 is 0 Å². The second kappa shape index (κ2) is 7.46. The minimum absolute atomic E-state index is 0.141. The molecule has 0 bridgehead atoms. The summed E-state index contributed by atoms with van der Waals surface area (Å²) in [5, 5.41) is 11.6. The quantitative estimate of drug-likeness (QED) is 0.688. The van der Waals surface area contributed by atoms with Crippen LogP contribution in [-0.2, 0) is 21.4 Å². The molecule has 146 valence electrons. The van der Waals surface area contributed by atoms with E-state index in [0.29, 0.717) is 34.4 Å². The number of piperidine rings is 1. The van der Waals surface area contributed by atoms with Gasteiger partial charge in [0.2, 0.25) is 5.91 Å². The third kappa shape index (κ3) is 3.86. The van der Waals surface area contributed by atoms with Crippen molar-refractivity contribution < 1.29 is 13.2 Å². The fourth-order valence-corrected chi connectivity index (χ4v) is 6.36. The molecule has 1 unspecified atom stereocenters. The van der Waals surface area contributed by atoms with Gasteiger partial charge in [-0.1, -0.05) is 6.07 Å². The van der Waals surface area contributed by atoms with Gasteiger partial charge in [0.1, 0.15) is 4.21 Å². The number of nitrogens with one attached hydrogen (secondary N) is 2. The Morgan fingerprint density at radius 2 is 2.22 bits per heavy atom. The van der Waals surface area contributed by atoms with Crippen LogP contribution in [0.5, 0.6) is 0 Å². The maximum absolute atomic E-state index is 12.7. The highest BCUT2D eigenvalue weighted by molar-refractivity contribution is 7.91. The molecule has 2 aromatic rings. The van der Waals surface area contributed by atoms with Crippen LogP contribution in [0.15, 0.2) is 21.7 Å². The standard InChI is InChI=1S/C16H21N5O3S3/c22-15(17-9-13-18-19-16(25)21(13)12-5-6-12)11-3-1-7-20(10-11)27(23,24)14-4-2-8-26-14/h2,4,8,11-12H,1,3,5-7,9-10H2,(H,17,22)(H,19,25). The Kier molecular flexibility index (Phi) is 5.19. The maximum Gasteiger partial charge on any atom is 0.252 e. The predicted octanol–water partition coefficient (Wildman–Crippen LogP) is 2.05. The maximum atomic E-state index is 12.7. The number of sulfonamides is 1. The van der Waals surface area contributed by atoms with Crippen LogP contribution in [0.2, 0.25) is 0 Å². The molecule has 1 aliphatic carbocycles. The molecule has 1 saturated carbocycles. The van der Waals surface area contributed by atoms with E-state index in [4.69, 9.17) is 12.2 Å². The first-order valence-corrected chi connectivity index (χ1v) is 11.7. The van der Waals surface area contributed by atoms with Crippen LogP contribution in [0.3, 0.4) is 0 Å². The Hall–Kier alpha value is -1.56. The zero-order valence-electron chi connectivity index (χ0n) is 14.6. The first kappa shape index (κ1) is 18.8. The number of hydrogen-bond acceptors (Lipinski definition) is 6. The van der Waals surface area contributed by atoms with Crippen LogP contribution in [-0.4, -0.2) is 46.5 Å². The average molecular weight is 428 g/mol. The van der Waals surface area contributed by atoms with E-state index in [9.17, 15) is 13.2 Å². The summed E-state index contributed by atoms with van der Waals surface area (Å²) in [6, 6.07) is 3.70. The molecule has 2 aliphatic rings. The molecule has 1 amide bonds. The highest BCUT2D eigenvalue weighted by Gasteiger charge is 2.34. The van der Waals surface area contributed by atoms with E-state index in [2.05, 4.69) is 15.5 Å². The Balaban J connectivity index is 1.40. The number of H-pyrrole nitrogens is 1. The van der Waals surface area contributed by atoms with E-state index in [0.717, 1.165) is 18.7 Å². The number of amides is 1. The van der Waals surface area contributed by atoms with Crippen molar-refractivity contribution in [3.05, 3.63) is 28.1 Å². The zero-order chi connectivity index (χ0) is 19.0. The van der Waals surface area contributed by atoms with Gasteiger partial charge in [-0.05, 0) is 49.3 Å². The average Bonchev–Trinajstić information content (AvgIpc) is 3.19. The van der Waals surface area contributed by atoms with E-state index in [-0.39, 0.29) is 24.9 Å². The van der Waals surface area contributed by atoms with Crippen molar-refractivity contribution in [2.75, 3.05) is 13.1 Å². The highest BCUT2D eigenvalue weighted by atomic mass is 32.2. The summed E-state index contributed by atoms with van der Waals surface area (Å²) < 4.78 is 29.7. The van der Waals surface area contributed by atoms with Crippen molar-refractivity contribution in [1.82, 2.24) is 24.4 Å². The van der Waals surface area contributed by atoms with E-state index in [1.165, 1.54) is 15.6 Å². The smallest absolute Gasteiger partial charge is 0.252 e. The molecule has 0 aromatic carbocycles. The van der Waals surface area contributed by atoms with Gasteiger partial charge in [0, 0.05) is 19.1 Å². The van der Waals surface area contributed by atoms with Gasteiger partial charge in [0.25, 0.3) is 10.0 Å². The van der Waals surface area contributed by atoms with Gasteiger partial charge in [-0.2, -0.15) is 9.40 Å². The van der Waals surface area contributed by atoms with Crippen molar-refractivity contribution in [3.63, 3.8) is 0 Å². The van der Waals surface area contributed by atoms with Crippen LogP contribution < -0.4 is 5.32 Å².